The van der Waals surface area contributed by atoms with Gasteiger partial charge in [-0.2, -0.15) is 0 Å². The molecule has 0 fully saturated rings. The van der Waals surface area contributed by atoms with Gasteiger partial charge in [0.15, 0.2) is 17.5 Å². The molecule has 0 bridgehead atoms. The maximum atomic E-state index is 6.84. The van der Waals surface area contributed by atoms with Crippen molar-refractivity contribution in [1.82, 2.24) is 15.0 Å². The molecule has 4 heteroatoms. The standard InChI is InChI=1S/C39H31N3O/c1-38(2,3)39(4)31-18-12-11-17-27(31)29-21-22-30-28-20-19-26(23-32(28)43-34(30)33(29)39)37-41-35(24-13-7-5-8-14-24)40-36(42-37)25-15-9-6-10-16-25/h5-23H,1-4H3. The first-order valence-electron chi connectivity index (χ1n) is 14.8. The molecule has 1 atom stereocenters. The summed E-state index contributed by atoms with van der Waals surface area (Å²) in [6.45, 7) is 9.35. The average molecular weight is 558 g/mol. The highest BCUT2D eigenvalue weighted by Crippen LogP contribution is 2.59. The van der Waals surface area contributed by atoms with Crippen LogP contribution in [0.4, 0.5) is 0 Å². The molecule has 2 aromatic heterocycles. The Kier molecular flexibility index (Phi) is 5.48. The topological polar surface area (TPSA) is 51.8 Å². The van der Waals surface area contributed by atoms with E-state index in [-0.39, 0.29) is 10.8 Å². The molecule has 43 heavy (non-hydrogen) atoms. The second kappa shape index (κ2) is 9.20. The van der Waals surface area contributed by atoms with E-state index >= 15 is 0 Å². The molecule has 2 heterocycles. The summed E-state index contributed by atoms with van der Waals surface area (Å²) in [4.78, 5) is 14.7. The van der Waals surface area contributed by atoms with Gasteiger partial charge in [-0.25, -0.2) is 15.0 Å². The molecule has 1 unspecified atom stereocenters. The molecule has 1 aliphatic carbocycles. The van der Waals surface area contributed by atoms with Crippen molar-refractivity contribution in [2.45, 2.75) is 33.1 Å². The predicted octanol–water partition coefficient (Wildman–Crippen LogP) is 10.1. The Morgan fingerprint density at radius 1 is 0.558 bits per heavy atom. The number of rotatable bonds is 3. The third kappa shape index (κ3) is 3.79. The van der Waals surface area contributed by atoms with Crippen molar-refractivity contribution in [3.05, 3.63) is 126 Å². The first kappa shape index (κ1) is 25.6. The van der Waals surface area contributed by atoms with Gasteiger partial charge in [0.1, 0.15) is 11.2 Å². The Balaban J connectivity index is 1.34. The zero-order chi connectivity index (χ0) is 29.3. The molecule has 5 aromatic carbocycles. The minimum atomic E-state index is -0.210. The van der Waals surface area contributed by atoms with Gasteiger partial charge in [0.2, 0.25) is 0 Å². The summed E-state index contributed by atoms with van der Waals surface area (Å²) in [5.74, 6) is 1.91. The second-order valence-corrected chi connectivity index (χ2v) is 12.6. The van der Waals surface area contributed by atoms with Crippen LogP contribution in [0.5, 0.6) is 0 Å². The van der Waals surface area contributed by atoms with Crippen molar-refractivity contribution in [1.29, 1.82) is 0 Å². The van der Waals surface area contributed by atoms with Crippen LogP contribution >= 0.6 is 0 Å². The maximum absolute atomic E-state index is 6.84. The van der Waals surface area contributed by atoms with Gasteiger partial charge in [-0.05, 0) is 40.3 Å². The fraction of sp³-hybridized carbons (Fsp3) is 0.154. The first-order valence-corrected chi connectivity index (χ1v) is 14.8. The summed E-state index contributed by atoms with van der Waals surface area (Å²) in [6.07, 6.45) is 0. The van der Waals surface area contributed by atoms with Gasteiger partial charge in [-0.15, -0.1) is 0 Å². The fourth-order valence-electron chi connectivity index (χ4n) is 6.71. The quantitative estimate of drug-likeness (QED) is 0.217. The summed E-state index contributed by atoms with van der Waals surface area (Å²) >= 11 is 0. The van der Waals surface area contributed by atoms with Crippen LogP contribution in [0, 0.1) is 5.41 Å². The van der Waals surface area contributed by atoms with Gasteiger partial charge in [0, 0.05) is 38.4 Å². The van der Waals surface area contributed by atoms with Crippen molar-refractivity contribution in [2.24, 2.45) is 5.41 Å². The van der Waals surface area contributed by atoms with Gasteiger partial charge >= 0.3 is 0 Å². The van der Waals surface area contributed by atoms with E-state index in [4.69, 9.17) is 19.4 Å². The fourth-order valence-corrected chi connectivity index (χ4v) is 6.71. The van der Waals surface area contributed by atoms with Gasteiger partial charge in [-0.3, -0.25) is 0 Å². The minimum Gasteiger partial charge on any atom is -0.456 e. The lowest BCUT2D eigenvalue weighted by molar-refractivity contribution is 0.255. The van der Waals surface area contributed by atoms with Gasteiger partial charge in [0.05, 0.1) is 0 Å². The summed E-state index contributed by atoms with van der Waals surface area (Å²) < 4.78 is 6.84. The maximum Gasteiger partial charge on any atom is 0.164 e. The SMILES string of the molecule is CC(C)(C)C1(C)c2ccccc2-c2ccc3c(oc4cc(-c5nc(-c6ccccc6)nc(-c6ccccc6)n5)ccc43)c21. The molecule has 4 nitrogen and oxygen atoms in total. The molecule has 7 aromatic rings. The Morgan fingerprint density at radius 2 is 1.12 bits per heavy atom. The number of aromatic nitrogens is 3. The van der Waals surface area contributed by atoms with Crippen molar-refractivity contribution in [2.75, 3.05) is 0 Å². The number of furan rings is 1. The van der Waals surface area contributed by atoms with E-state index in [0.717, 1.165) is 38.6 Å². The van der Waals surface area contributed by atoms with Crippen LogP contribution in [0.2, 0.25) is 0 Å². The molecule has 0 saturated heterocycles. The van der Waals surface area contributed by atoms with Crippen LogP contribution in [0.15, 0.2) is 120 Å². The van der Waals surface area contributed by atoms with Crippen LogP contribution in [0.3, 0.4) is 0 Å². The zero-order valence-corrected chi connectivity index (χ0v) is 24.7. The lowest BCUT2D eigenvalue weighted by atomic mass is 9.62. The van der Waals surface area contributed by atoms with E-state index in [1.54, 1.807) is 0 Å². The van der Waals surface area contributed by atoms with Crippen LogP contribution < -0.4 is 0 Å². The van der Waals surface area contributed by atoms with E-state index < -0.39 is 0 Å². The van der Waals surface area contributed by atoms with Crippen LogP contribution in [0.25, 0.3) is 67.2 Å². The minimum absolute atomic E-state index is 0.0284. The molecular weight excluding hydrogens is 526 g/mol. The molecule has 0 spiro atoms. The van der Waals surface area contributed by atoms with E-state index in [2.05, 4.69) is 82.3 Å². The predicted molar refractivity (Wildman–Crippen MR) is 175 cm³/mol. The number of hydrogen-bond acceptors (Lipinski definition) is 4. The lowest BCUT2D eigenvalue weighted by Crippen LogP contribution is -2.36. The Bertz CT molecular complexity index is 2120. The monoisotopic (exact) mass is 557 g/mol. The van der Waals surface area contributed by atoms with Crippen LogP contribution in [-0.2, 0) is 5.41 Å². The van der Waals surface area contributed by atoms with Gasteiger partial charge in [-0.1, -0.05) is 125 Å². The average Bonchev–Trinajstić information content (AvgIpc) is 3.55. The van der Waals surface area contributed by atoms with E-state index in [0.29, 0.717) is 17.5 Å². The summed E-state index contributed by atoms with van der Waals surface area (Å²) in [7, 11) is 0. The Hall–Kier alpha value is -5.09. The molecule has 8 rings (SSSR count). The van der Waals surface area contributed by atoms with Crippen molar-refractivity contribution < 1.29 is 4.42 Å². The smallest absolute Gasteiger partial charge is 0.164 e. The lowest BCUT2D eigenvalue weighted by Gasteiger charge is -2.40. The highest BCUT2D eigenvalue weighted by molar-refractivity contribution is 6.10. The van der Waals surface area contributed by atoms with E-state index in [1.165, 1.54) is 22.3 Å². The molecule has 208 valence electrons. The molecule has 1 aliphatic rings. The third-order valence-corrected chi connectivity index (χ3v) is 9.35. The molecule has 0 aliphatic heterocycles. The number of hydrogen-bond donors (Lipinski definition) is 0. The van der Waals surface area contributed by atoms with Gasteiger partial charge in [0.25, 0.3) is 0 Å². The van der Waals surface area contributed by atoms with Crippen molar-refractivity contribution in [3.63, 3.8) is 0 Å². The number of nitrogens with zero attached hydrogens (tertiary/aromatic N) is 3. The third-order valence-electron chi connectivity index (χ3n) is 9.35. The van der Waals surface area contributed by atoms with Crippen LogP contribution in [0.1, 0.15) is 38.8 Å². The summed E-state index contributed by atoms with van der Waals surface area (Å²) in [5, 5.41) is 2.23. The second-order valence-electron chi connectivity index (χ2n) is 12.6. The molecule has 0 saturated carbocycles. The normalized spacial score (nSPS) is 16.0. The van der Waals surface area contributed by atoms with Gasteiger partial charge < -0.3 is 4.42 Å². The van der Waals surface area contributed by atoms with Crippen molar-refractivity contribution in [3.8, 4) is 45.3 Å². The Labute approximate surface area is 251 Å². The first-order chi connectivity index (χ1) is 20.8. The van der Waals surface area contributed by atoms with E-state index in [1.807, 2.05) is 60.7 Å². The van der Waals surface area contributed by atoms with Crippen LogP contribution in [-0.4, -0.2) is 15.0 Å². The highest BCUT2D eigenvalue weighted by Gasteiger charge is 2.49. The highest BCUT2D eigenvalue weighted by atomic mass is 16.3. The number of fused-ring (bicyclic) bond motifs is 7. The van der Waals surface area contributed by atoms with E-state index in [9.17, 15) is 0 Å². The molecule has 0 amide bonds. The largest absolute Gasteiger partial charge is 0.456 e. The molecule has 0 N–H and O–H groups in total. The molecule has 0 radical (unpaired) electrons. The Morgan fingerprint density at radius 3 is 1.74 bits per heavy atom. The summed E-state index contributed by atoms with van der Waals surface area (Å²) in [6, 6.07) is 39.8. The number of benzene rings is 5. The van der Waals surface area contributed by atoms with Crippen molar-refractivity contribution >= 4 is 21.9 Å². The summed E-state index contributed by atoms with van der Waals surface area (Å²) in [5.41, 5.74) is 9.53. The molecular formula is C39H31N3O. The zero-order valence-electron chi connectivity index (χ0n) is 24.7.